The zero-order chi connectivity index (χ0) is 12.4. The molecule has 0 amide bonds. The van der Waals surface area contributed by atoms with Crippen LogP contribution in [0.15, 0.2) is 41.9 Å². The molecule has 18 heavy (non-hydrogen) atoms. The van der Waals surface area contributed by atoms with Crippen LogP contribution in [0.4, 0.5) is 10.9 Å². The summed E-state index contributed by atoms with van der Waals surface area (Å²) in [5.41, 5.74) is 1.38. The van der Waals surface area contributed by atoms with E-state index in [9.17, 15) is 4.79 Å². The zero-order valence-corrected chi connectivity index (χ0v) is 10.1. The number of pyridine rings is 1. The largest absolute Gasteiger partial charge is 0.316 e. The average molecular weight is 255 g/mol. The van der Waals surface area contributed by atoms with Gasteiger partial charge in [-0.2, -0.15) is 0 Å². The number of rotatable bonds is 3. The van der Waals surface area contributed by atoms with E-state index in [-0.39, 0.29) is 0 Å². The molecule has 0 bridgehead atoms. The van der Waals surface area contributed by atoms with Crippen molar-refractivity contribution in [2.45, 2.75) is 0 Å². The van der Waals surface area contributed by atoms with Crippen molar-refractivity contribution in [3.05, 3.63) is 47.5 Å². The summed E-state index contributed by atoms with van der Waals surface area (Å²) < 4.78 is 0. The summed E-state index contributed by atoms with van der Waals surface area (Å²) >= 11 is 1.46. The summed E-state index contributed by atoms with van der Waals surface area (Å²) in [6.07, 6.45) is 2.50. The molecule has 0 radical (unpaired) electrons. The normalized spacial score (nSPS) is 10.4. The molecule has 0 aliphatic rings. The quantitative estimate of drug-likeness (QED) is 0.730. The van der Waals surface area contributed by atoms with Crippen LogP contribution in [-0.4, -0.2) is 16.3 Å². The Morgan fingerprint density at radius 1 is 1.28 bits per heavy atom. The number of carbonyl (C=O) groups excluding carboxylic acids is 1. The van der Waals surface area contributed by atoms with E-state index in [2.05, 4.69) is 15.3 Å². The Kier molecular flexibility index (Phi) is 2.74. The molecule has 3 aromatic rings. The highest BCUT2D eigenvalue weighted by Crippen LogP contribution is 2.23. The number of fused-ring (bicyclic) bond motifs is 1. The first-order valence-corrected chi connectivity index (χ1v) is 6.26. The van der Waals surface area contributed by atoms with Crippen LogP contribution in [0.25, 0.3) is 10.9 Å². The SMILES string of the molecule is O=Cc1cc2ccccc2nc1Nc1nccs1. The number of aldehydes is 1. The molecule has 0 saturated carbocycles. The third-order valence-corrected chi connectivity index (χ3v) is 3.23. The van der Waals surface area contributed by atoms with Gasteiger partial charge in [-0.25, -0.2) is 9.97 Å². The number of para-hydroxylation sites is 1. The van der Waals surface area contributed by atoms with Crippen LogP contribution >= 0.6 is 11.3 Å². The molecule has 0 unspecified atom stereocenters. The van der Waals surface area contributed by atoms with Gasteiger partial charge in [0.2, 0.25) is 0 Å². The number of hydrogen-bond donors (Lipinski definition) is 1. The van der Waals surface area contributed by atoms with Crippen LogP contribution in [0.5, 0.6) is 0 Å². The van der Waals surface area contributed by atoms with E-state index < -0.39 is 0 Å². The van der Waals surface area contributed by atoms with Crippen LogP contribution in [-0.2, 0) is 0 Å². The van der Waals surface area contributed by atoms with Gasteiger partial charge >= 0.3 is 0 Å². The van der Waals surface area contributed by atoms with Crippen molar-refractivity contribution in [1.29, 1.82) is 0 Å². The Morgan fingerprint density at radius 2 is 2.17 bits per heavy atom. The smallest absolute Gasteiger partial charge is 0.188 e. The minimum Gasteiger partial charge on any atom is -0.316 e. The Bertz CT molecular complexity index is 695. The number of carbonyl (C=O) groups is 1. The fourth-order valence-electron chi connectivity index (χ4n) is 1.71. The van der Waals surface area contributed by atoms with Gasteiger partial charge in [0.25, 0.3) is 0 Å². The maximum absolute atomic E-state index is 11.1. The Morgan fingerprint density at radius 3 is 2.94 bits per heavy atom. The first-order chi connectivity index (χ1) is 8.86. The lowest BCUT2D eigenvalue weighted by Crippen LogP contribution is -1.98. The van der Waals surface area contributed by atoms with E-state index in [4.69, 9.17) is 0 Å². The van der Waals surface area contributed by atoms with Gasteiger partial charge in [-0.3, -0.25) is 4.79 Å². The van der Waals surface area contributed by atoms with Crippen molar-refractivity contribution < 1.29 is 4.79 Å². The molecule has 0 fully saturated rings. The van der Waals surface area contributed by atoms with Crippen molar-refractivity contribution in [1.82, 2.24) is 9.97 Å². The van der Waals surface area contributed by atoms with Crippen molar-refractivity contribution in [2.24, 2.45) is 0 Å². The molecule has 2 aromatic heterocycles. The minimum absolute atomic E-state index is 0.531. The number of nitrogens with one attached hydrogen (secondary N) is 1. The van der Waals surface area contributed by atoms with E-state index in [1.54, 1.807) is 6.20 Å². The summed E-state index contributed by atoms with van der Waals surface area (Å²) in [6.45, 7) is 0. The van der Waals surface area contributed by atoms with Crippen molar-refractivity contribution in [3.8, 4) is 0 Å². The van der Waals surface area contributed by atoms with Gasteiger partial charge < -0.3 is 5.32 Å². The summed E-state index contributed by atoms with van der Waals surface area (Å²) in [4.78, 5) is 19.7. The summed E-state index contributed by atoms with van der Waals surface area (Å²) in [7, 11) is 0. The molecule has 4 nitrogen and oxygen atoms in total. The number of hydrogen-bond acceptors (Lipinski definition) is 5. The maximum Gasteiger partial charge on any atom is 0.188 e. The highest BCUT2D eigenvalue weighted by Gasteiger charge is 2.07. The number of benzene rings is 1. The van der Waals surface area contributed by atoms with E-state index in [1.165, 1.54) is 11.3 Å². The average Bonchev–Trinajstić information content (AvgIpc) is 2.91. The second-order valence-corrected chi connectivity index (χ2v) is 4.59. The predicted octanol–water partition coefficient (Wildman–Crippen LogP) is 3.25. The van der Waals surface area contributed by atoms with E-state index in [0.29, 0.717) is 11.4 Å². The molecule has 0 aliphatic heterocycles. The highest BCUT2D eigenvalue weighted by atomic mass is 32.1. The summed E-state index contributed by atoms with van der Waals surface area (Å²) in [5.74, 6) is 0.540. The van der Waals surface area contributed by atoms with Gasteiger partial charge in [-0.1, -0.05) is 18.2 Å². The second kappa shape index (κ2) is 4.54. The van der Waals surface area contributed by atoms with Crippen LogP contribution in [0.1, 0.15) is 10.4 Å². The van der Waals surface area contributed by atoms with Gasteiger partial charge in [0.1, 0.15) is 5.82 Å². The number of nitrogens with zero attached hydrogens (tertiary/aromatic N) is 2. The van der Waals surface area contributed by atoms with Crippen molar-refractivity contribution in [2.75, 3.05) is 5.32 Å². The van der Waals surface area contributed by atoms with Gasteiger partial charge in [0, 0.05) is 17.0 Å². The molecular weight excluding hydrogens is 246 g/mol. The summed E-state index contributed by atoms with van der Waals surface area (Å²) in [6, 6.07) is 9.51. The highest BCUT2D eigenvalue weighted by molar-refractivity contribution is 7.13. The topological polar surface area (TPSA) is 54.9 Å². The van der Waals surface area contributed by atoms with E-state index >= 15 is 0 Å². The molecule has 0 aliphatic carbocycles. The Hall–Kier alpha value is -2.27. The Balaban J connectivity index is 2.11. The molecular formula is C13H9N3OS. The molecule has 3 rings (SSSR count). The van der Waals surface area contributed by atoms with E-state index in [1.807, 2.05) is 35.7 Å². The molecule has 0 saturated heterocycles. The maximum atomic E-state index is 11.1. The lowest BCUT2D eigenvalue weighted by molar-refractivity contribution is 0.112. The third-order valence-electron chi connectivity index (χ3n) is 2.54. The number of anilines is 2. The zero-order valence-electron chi connectivity index (χ0n) is 9.33. The first-order valence-electron chi connectivity index (χ1n) is 5.38. The second-order valence-electron chi connectivity index (χ2n) is 3.70. The van der Waals surface area contributed by atoms with Gasteiger partial charge in [-0.05, 0) is 12.1 Å². The molecule has 0 spiro atoms. The number of thiazole rings is 1. The molecule has 88 valence electrons. The van der Waals surface area contributed by atoms with Crippen molar-refractivity contribution in [3.63, 3.8) is 0 Å². The fourth-order valence-corrected chi connectivity index (χ4v) is 2.24. The molecule has 1 N–H and O–H groups in total. The lowest BCUT2D eigenvalue weighted by Gasteiger charge is -2.06. The van der Waals surface area contributed by atoms with Crippen LogP contribution < -0.4 is 5.32 Å². The predicted molar refractivity (Wildman–Crippen MR) is 72.5 cm³/mol. The molecule has 5 heteroatoms. The van der Waals surface area contributed by atoms with Crippen molar-refractivity contribution >= 4 is 39.5 Å². The minimum atomic E-state index is 0.531. The molecule has 2 heterocycles. The van der Waals surface area contributed by atoms with Gasteiger partial charge in [0.05, 0.1) is 11.1 Å². The van der Waals surface area contributed by atoms with E-state index in [0.717, 1.165) is 22.3 Å². The van der Waals surface area contributed by atoms with Crippen LogP contribution in [0.3, 0.4) is 0 Å². The summed E-state index contributed by atoms with van der Waals surface area (Å²) in [5, 5.41) is 6.60. The standard InChI is InChI=1S/C13H9N3OS/c17-8-10-7-9-3-1-2-4-11(9)15-12(10)16-13-14-5-6-18-13/h1-8H,(H,14,15,16). The number of aromatic nitrogens is 2. The Labute approximate surface area is 107 Å². The fraction of sp³-hybridized carbons (Fsp3) is 0. The monoisotopic (exact) mass is 255 g/mol. The van der Waals surface area contributed by atoms with Crippen LogP contribution in [0, 0.1) is 0 Å². The van der Waals surface area contributed by atoms with Gasteiger partial charge in [-0.15, -0.1) is 11.3 Å². The van der Waals surface area contributed by atoms with Crippen LogP contribution in [0.2, 0.25) is 0 Å². The molecule has 1 aromatic carbocycles. The first kappa shape index (κ1) is 10.9. The third kappa shape index (κ3) is 1.96. The molecule has 0 atom stereocenters. The van der Waals surface area contributed by atoms with Gasteiger partial charge in [0.15, 0.2) is 11.4 Å². The lowest BCUT2D eigenvalue weighted by atomic mass is 10.1.